The number of morpholine rings is 1. The van der Waals surface area contributed by atoms with E-state index in [2.05, 4.69) is 4.90 Å². The highest BCUT2D eigenvalue weighted by molar-refractivity contribution is 7.91. The zero-order valence-corrected chi connectivity index (χ0v) is 14.9. The molecule has 1 aromatic rings. The average molecular weight is 353 g/mol. The molecular weight excluding hydrogens is 330 g/mol. The van der Waals surface area contributed by atoms with Gasteiger partial charge in [-0.1, -0.05) is 19.9 Å². The van der Waals surface area contributed by atoms with Gasteiger partial charge >= 0.3 is 5.97 Å². The molecule has 1 aromatic carbocycles. The first-order valence-corrected chi connectivity index (χ1v) is 9.80. The molecule has 2 aliphatic heterocycles. The van der Waals surface area contributed by atoms with Gasteiger partial charge < -0.3 is 9.84 Å². The van der Waals surface area contributed by atoms with Crippen LogP contribution in [0.4, 0.5) is 0 Å². The minimum atomic E-state index is -3.47. The molecule has 132 valence electrons. The summed E-state index contributed by atoms with van der Waals surface area (Å²) in [6.07, 6.45) is 0.547. The van der Waals surface area contributed by atoms with Crippen LogP contribution in [0.25, 0.3) is 0 Å². The Kier molecular flexibility index (Phi) is 4.44. The fourth-order valence-corrected chi connectivity index (χ4v) is 5.69. The van der Waals surface area contributed by atoms with Gasteiger partial charge in [-0.3, -0.25) is 4.90 Å². The highest BCUT2D eigenvalue weighted by atomic mass is 32.2. The number of benzene rings is 1. The van der Waals surface area contributed by atoms with E-state index in [1.165, 1.54) is 0 Å². The first kappa shape index (κ1) is 17.4. The molecule has 0 unspecified atom stereocenters. The van der Waals surface area contributed by atoms with Crippen molar-refractivity contribution in [1.82, 2.24) is 4.90 Å². The van der Waals surface area contributed by atoms with E-state index in [9.17, 15) is 18.3 Å². The lowest BCUT2D eigenvalue weighted by atomic mass is 9.80. The Balaban J connectivity index is 2.18. The van der Waals surface area contributed by atoms with Crippen LogP contribution in [0.15, 0.2) is 17.0 Å². The van der Waals surface area contributed by atoms with Gasteiger partial charge in [-0.2, -0.15) is 0 Å². The number of fused-ring (bicyclic) bond motifs is 1. The van der Waals surface area contributed by atoms with Crippen LogP contribution in [0.3, 0.4) is 0 Å². The fraction of sp³-hybridized carbons (Fsp3) is 0.588. The molecule has 0 spiro atoms. The van der Waals surface area contributed by atoms with Gasteiger partial charge in [0.25, 0.3) is 0 Å². The monoisotopic (exact) mass is 353 g/mol. The predicted octanol–water partition coefficient (Wildman–Crippen LogP) is 1.67. The van der Waals surface area contributed by atoms with E-state index in [1.807, 2.05) is 13.8 Å². The molecule has 2 heterocycles. The van der Waals surface area contributed by atoms with Gasteiger partial charge in [0, 0.05) is 19.6 Å². The van der Waals surface area contributed by atoms with Crippen LogP contribution in [-0.2, 0) is 26.5 Å². The minimum Gasteiger partial charge on any atom is -0.478 e. The van der Waals surface area contributed by atoms with E-state index < -0.39 is 15.8 Å². The normalized spacial score (nSPS) is 22.8. The molecular formula is C17H23NO5S. The largest absolute Gasteiger partial charge is 0.478 e. The molecule has 0 amide bonds. The Labute approximate surface area is 142 Å². The molecule has 7 heteroatoms. The lowest BCUT2D eigenvalue weighted by molar-refractivity contribution is 0.0335. The second-order valence-corrected chi connectivity index (χ2v) is 9.16. The van der Waals surface area contributed by atoms with Crippen LogP contribution in [0.5, 0.6) is 0 Å². The topological polar surface area (TPSA) is 83.9 Å². The number of aromatic carboxylic acids is 1. The molecule has 3 rings (SSSR count). The van der Waals surface area contributed by atoms with E-state index >= 15 is 0 Å². The van der Waals surface area contributed by atoms with Gasteiger partial charge in [-0.05, 0) is 29.0 Å². The summed E-state index contributed by atoms with van der Waals surface area (Å²) >= 11 is 0. The number of hydrogen-bond donors (Lipinski definition) is 1. The number of hydrogen-bond acceptors (Lipinski definition) is 5. The van der Waals surface area contributed by atoms with Crippen molar-refractivity contribution in [3.8, 4) is 0 Å². The van der Waals surface area contributed by atoms with E-state index in [4.69, 9.17) is 4.74 Å². The van der Waals surface area contributed by atoms with Gasteiger partial charge in [0.2, 0.25) is 0 Å². The highest BCUT2D eigenvalue weighted by Crippen LogP contribution is 2.41. The third-order valence-electron chi connectivity index (χ3n) is 5.01. The van der Waals surface area contributed by atoms with E-state index in [-0.39, 0.29) is 21.6 Å². The Hall–Kier alpha value is -1.44. The molecule has 1 saturated heterocycles. The fourth-order valence-electron chi connectivity index (χ4n) is 3.48. The summed E-state index contributed by atoms with van der Waals surface area (Å²) in [4.78, 5) is 14.0. The van der Waals surface area contributed by atoms with E-state index in [0.29, 0.717) is 44.8 Å². The SMILES string of the molecule is CC1(C)CCS(=O)(=O)c2c1ccc(C(=O)O)c2CN1CCOCC1. The molecule has 1 fully saturated rings. The maximum absolute atomic E-state index is 12.8. The number of ether oxygens (including phenoxy) is 1. The third kappa shape index (κ3) is 3.08. The predicted molar refractivity (Wildman–Crippen MR) is 89.2 cm³/mol. The number of rotatable bonds is 3. The Bertz CT molecular complexity index is 763. The van der Waals surface area contributed by atoms with E-state index in [1.54, 1.807) is 12.1 Å². The molecule has 0 radical (unpaired) electrons. The summed E-state index contributed by atoms with van der Waals surface area (Å²) in [6.45, 7) is 6.85. The Morgan fingerprint density at radius 2 is 1.96 bits per heavy atom. The van der Waals surface area contributed by atoms with Crippen molar-refractivity contribution in [2.24, 2.45) is 0 Å². The van der Waals surface area contributed by atoms with Crippen LogP contribution >= 0.6 is 0 Å². The molecule has 0 aromatic heterocycles. The summed E-state index contributed by atoms with van der Waals surface area (Å²) in [5.74, 6) is -1.02. The number of carboxylic acids is 1. The molecule has 1 N–H and O–H groups in total. The standard InChI is InChI=1S/C17H23NO5S/c1-17(2)5-10-24(21,22)15-13(11-18-6-8-23-9-7-18)12(16(19)20)3-4-14(15)17/h3-4H,5-11H2,1-2H3,(H,19,20). The van der Waals surface area contributed by atoms with Crippen molar-refractivity contribution in [1.29, 1.82) is 0 Å². The van der Waals surface area contributed by atoms with Crippen LogP contribution in [0.1, 0.15) is 41.8 Å². The van der Waals surface area contributed by atoms with Crippen molar-refractivity contribution in [2.75, 3.05) is 32.1 Å². The number of nitrogens with zero attached hydrogens (tertiary/aromatic N) is 1. The number of sulfone groups is 1. The van der Waals surface area contributed by atoms with Gasteiger partial charge in [0.15, 0.2) is 9.84 Å². The summed E-state index contributed by atoms with van der Waals surface area (Å²) in [7, 11) is -3.47. The smallest absolute Gasteiger partial charge is 0.336 e. The molecule has 0 atom stereocenters. The van der Waals surface area contributed by atoms with Crippen molar-refractivity contribution in [3.05, 3.63) is 28.8 Å². The molecule has 0 aliphatic carbocycles. The molecule has 0 bridgehead atoms. The Morgan fingerprint density at radius 3 is 2.58 bits per heavy atom. The molecule has 24 heavy (non-hydrogen) atoms. The van der Waals surface area contributed by atoms with Crippen molar-refractivity contribution >= 4 is 15.8 Å². The van der Waals surface area contributed by atoms with Crippen molar-refractivity contribution in [3.63, 3.8) is 0 Å². The van der Waals surface area contributed by atoms with Crippen LogP contribution in [0.2, 0.25) is 0 Å². The quantitative estimate of drug-likeness (QED) is 0.890. The summed E-state index contributed by atoms with van der Waals surface area (Å²) in [6, 6.07) is 3.23. The minimum absolute atomic E-state index is 0.0617. The number of carboxylic acid groups (broad SMARTS) is 1. The second kappa shape index (κ2) is 6.13. The van der Waals surface area contributed by atoms with Gasteiger partial charge in [0.05, 0.1) is 29.4 Å². The first-order chi connectivity index (χ1) is 11.2. The first-order valence-electron chi connectivity index (χ1n) is 8.15. The highest BCUT2D eigenvalue weighted by Gasteiger charge is 2.39. The lowest BCUT2D eigenvalue weighted by Crippen LogP contribution is -2.38. The molecule has 0 saturated carbocycles. The van der Waals surface area contributed by atoms with Crippen LogP contribution < -0.4 is 0 Å². The van der Waals surface area contributed by atoms with Crippen molar-refractivity contribution in [2.45, 2.75) is 37.1 Å². The summed E-state index contributed by atoms with van der Waals surface area (Å²) < 4.78 is 30.8. The van der Waals surface area contributed by atoms with E-state index in [0.717, 1.165) is 5.56 Å². The van der Waals surface area contributed by atoms with Gasteiger partial charge in [-0.15, -0.1) is 0 Å². The molecule has 2 aliphatic rings. The van der Waals surface area contributed by atoms with Gasteiger partial charge in [-0.25, -0.2) is 13.2 Å². The maximum atomic E-state index is 12.8. The molecule has 6 nitrogen and oxygen atoms in total. The van der Waals surface area contributed by atoms with Gasteiger partial charge in [0.1, 0.15) is 0 Å². The summed E-state index contributed by atoms with van der Waals surface area (Å²) in [5, 5.41) is 9.56. The number of carbonyl (C=O) groups is 1. The maximum Gasteiger partial charge on any atom is 0.336 e. The lowest BCUT2D eigenvalue weighted by Gasteiger charge is -2.35. The van der Waals surface area contributed by atoms with Crippen molar-refractivity contribution < 1.29 is 23.1 Å². The van der Waals surface area contributed by atoms with Crippen LogP contribution in [-0.4, -0.2) is 56.4 Å². The van der Waals surface area contributed by atoms with Crippen LogP contribution in [0, 0.1) is 0 Å². The summed E-state index contributed by atoms with van der Waals surface area (Å²) in [5.41, 5.74) is 0.968. The Morgan fingerprint density at radius 1 is 1.29 bits per heavy atom. The zero-order valence-electron chi connectivity index (χ0n) is 14.0. The average Bonchev–Trinajstić information content (AvgIpc) is 2.52. The zero-order chi connectivity index (χ0) is 17.5. The third-order valence-corrected chi connectivity index (χ3v) is 6.84. The second-order valence-electron chi connectivity index (χ2n) is 7.11.